The third kappa shape index (κ3) is 4.20. The van der Waals surface area contributed by atoms with Crippen molar-refractivity contribution in [1.29, 1.82) is 0 Å². The molecule has 0 bridgehead atoms. The summed E-state index contributed by atoms with van der Waals surface area (Å²) in [5, 5.41) is 15.1. The van der Waals surface area contributed by atoms with Crippen LogP contribution in [0.5, 0.6) is 0 Å². The Bertz CT molecular complexity index is 850. The molecule has 3 rings (SSSR count). The first kappa shape index (κ1) is 16.2. The number of anilines is 3. The molecule has 24 heavy (non-hydrogen) atoms. The molecule has 0 unspecified atom stereocenters. The molecule has 0 aliphatic carbocycles. The quantitative estimate of drug-likeness (QED) is 0.716. The minimum absolute atomic E-state index is 0.440. The summed E-state index contributed by atoms with van der Waals surface area (Å²) in [4.78, 5) is 4.44. The molecule has 0 fully saturated rings. The van der Waals surface area contributed by atoms with Crippen molar-refractivity contribution < 1.29 is 0 Å². The van der Waals surface area contributed by atoms with E-state index in [-0.39, 0.29) is 0 Å². The minimum atomic E-state index is 0.440. The predicted molar refractivity (Wildman–Crippen MR) is 97.8 cm³/mol. The van der Waals surface area contributed by atoms with Crippen molar-refractivity contribution >= 4 is 29.1 Å². The Morgan fingerprint density at radius 2 is 1.96 bits per heavy atom. The third-order valence-electron chi connectivity index (χ3n) is 3.55. The van der Waals surface area contributed by atoms with E-state index in [1.54, 1.807) is 6.20 Å². The summed E-state index contributed by atoms with van der Waals surface area (Å²) in [6, 6.07) is 13.9. The van der Waals surface area contributed by atoms with Gasteiger partial charge in [0.05, 0.1) is 6.20 Å². The molecule has 3 aromatic rings. The van der Waals surface area contributed by atoms with Crippen LogP contribution in [-0.2, 0) is 6.54 Å². The summed E-state index contributed by atoms with van der Waals surface area (Å²) in [7, 11) is 0. The Balaban J connectivity index is 1.69. The highest BCUT2D eigenvalue weighted by Gasteiger charge is 2.04. The van der Waals surface area contributed by atoms with Gasteiger partial charge in [0, 0.05) is 17.3 Å². The molecule has 0 spiro atoms. The highest BCUT2D eigenvalue weighted by molar-refractivity contribution is 6.30. The molecule has 2 aromatic carbocycles. The van der Waals surface area contributed by atoms with Crippen molar-refractivity contribution in [3.05, 3.63) is 70.4 Å². The van der Waals surface area contributed by atoms with E-state index in [1.807, 2.05) is 31.2 Å². The highest BCUT2D eigenvalue weighted by atomic mass is 35.5. The fourth-order valence-electron chi connectivity index (χ4n) is 2.34. The number of nitrogens with one attached hydrogen (secondary N) is 2. The van der Waals surface area contributed by atoms with E-state index in [2.05, 4.69) is 50.9 Å². The second-order valence-electron chi connectivity index (χ2n) is 5.59. The first-order chi connectivity index (χ1) is 11.6. The van der Waals surface area contributed by atoms with Crippen LogP contribution >= 0.6 is 11.6 Å². The minimum Gasteiger partial charge on any atom is -0.365 e. The molecule has 0 aliphatic heterocycles. The number of halogens is 1. The molecule has 0 saturated heterocycles. The molecule has 0 saturated carbocycles. The molecule has 6 heteroatoms. The van der Waals surface area contributed by atoms with E-state index < -0.39 is 0 Å². The number of nitrogens with zero attached hydrogens (tertiary/aromatic N) is 3. The van der Waals surface area contributed by atoms with Gasteiger partial charge < -0.3 is 10.6 Å². The molecule has 5 nitrogen and oxygen atoms in total. The fourth-order valence-corrected chi connectivity index (χ4v) is 2.57. The molecule has 0 amide bonds. The number of aromatic nitrogens is 3. The van der Waals surface area contributed by atoms with Gasteiger partial charge in [-0.3, -0.25) is 0 Å². The van der Waals surface area contributed by atoms with Gasteiger partial charge >= 0.3 is 0 Å². The van der Waals surface area contributed by atoms with Gasteiger partial charge in [0.2, 0.25) is 5.95 Å². The lowest BCUT2D eigenvalue weighted by molar-refractivity contribution is 0.965. The molecular formula is C18H18ClN5. The van der Waals surface area contributed by atoms with Crippen LogP contribution in [0.15, 0.2) is 48.7 Å². The smallest absolute Gasteiger partial charge is 0.249 e. The highest BCUT2D eigenvalue weighted by Crippen LogP contribution is 2.22. The van der Waals surface area contributed by atoms with Gasteiger partial charge in [0.25, 0.3) is 0 Å². The summed E-state index contributed by atoms with van der Waals surface area (Å²) in [5.74, 6) is 1.11. The Hall–Kier alpha value is -2.66. The van der Waals surface area contributed by atoms with Crippen LogP contribution in [-0.4, -0.2) is 15.2 Å². The van der Waals surface area contributed by atoms with Gasteiger partial charge in [-0.05, 0) is 43.2 Å². The zero-order valence-electron chi connectivity index (χ0n) is 13.5. The first-order valence-electron chi connectivity index (χ1n) is 7.62. The molecule has 122 valence electrons. The molecule has 1 heterocycles. The van der Waals surface area contributed by atoms with E-state index in [0.717, 1.165) is 11.3 Å². The topological polar surface area (TPSA) is 62.7 Å². The summed E-state index contributed by atoms with van der Waals surface area (Å²) >= 11 is 5.97. The maximum absolute atomic E-state index is 5.97. The number of hydrogen-bond donors (Lipinski definition) is 2. The molecular weight excluding hydrogens is 322 g/mol. The molecule has 1 aromatic heterocycles. The summed E-state index contributed by atoms with van der Waals surface area (Å²) in [6.07, 6.45) is 1.61. The molecule has 0 radical (unpaired) electrons. The second kappa shape index (κ2) is 7.27. The van der Waals surface area contributed by atoms with Crippen molar-refractivity contribution in [2.45, 2.75) is 20.4 Å². The molecule has 0 aliphatic rings. The van der Waals surface area contributed by atoms with Crippen LogP contribution in [0.2, 0.25) is 5.02 Å². The van der Waals surface area contributed by atoms with Gasteiger partial charge in [-0.1, -0.05) is 41.4 Å². The third-order valence-corrected chi connectivity index (χ3v) is 3.78. The number of aryl methyl sites for hydroxylation is 2. The molecule has 2 N–H and O–H groups in total. The fraction of sp³-hybridized carbons (Fsp3) is 0.167. The van der Waals surface area contributed by atoms with Gasteiger partial charge in [-0.2, -0.15) is 10.1 Å². The van der Waals surface area contributed by atoms with E-state index >= 15 is 0 Å². The van der Waals surface area contributed by atoms with Gasteiger partial charge in [0.15, 0.2) is 5.82 Å². The predicted octanol–water partition coefficient (Wildman–Crippen LogP) is 4.50. The summed E-state index contributed by atoms with van der Waals surface area (Å²) < 4.78 is 0. The lowest BCUT2D eigenvalue weighted by Gasteiger charge is -2.10. The average molecular weight is 340 g/mol. The standard InChI is InChI=1S/C18H18ClN5/c1-12-4-3-5-14(8-12)10-20-17-11-21-24-18(23-17)22-16-7-6-15(19)9-13(16)2/h3-9,11H,10H2,1-2H3,(H2,20,22,23,24). The SMILES string of the molecule is Cc1cccc(CNc2cnnc(Nc3ccc(Cl)cc3C)n2)c1. The van der Waals surface area contributed by atoms with Crippen molar-refractivity contribution in [2.24, 2.45) is 0 Å². The number of rotatable bonds is 5. The van der Waals surface area contributed by atoms with Crippen LogP contribution in [0.1, 0.15) is 16.7 Å². The summed E-state index contributed by atoms with van der Waals surface area (Å²) in [5.41, 5.74) is 4.34. The van der Waals surface area contributed by atoms with E-state index in [1.165, 1.54) is 11.1 Å². The van der Waals surface area contributed by atoms with Crippen LogP contribution in [0.4, 0.5) is 17.5 Å². The van der Waals surface area contributed by atoms with E-state index in [9.17, 15) is 0 Å². The van der Waals surface area contributed by atoms with Gasteiger partial charge in [-0.25, -0.2) is 0 Å². The van der Waals surface area contributed by atoms with Gasteiger partial charge in [0.1, 0.15) is 0 Å². The number of benzene rings is 2. The van der Waals surface area contributed by atoms with Crippen LogP contribution < -0.4 is 10.6 Å². The zero-order valence-corrected chi connectivity index (χ0v) is 14.3. The number of hydrogen-bond acceptors (Lipinski definition) is 5. The second-order valence-corrected chi connectivity index (χ2v) is 6.03. The van der Waals surface area contributed by atoms with Crippen molar-refractivity contribution in [3.63, 3.8) is 0 Å². The zero-order chi connectivity index (χ0) is 16.9. The van der Waals surface area contributed by atoms with Crippen molar-refractivity contribution in [3.8, 4) is 0 Å². The van der Waals surface area contributed by atoms with E-state index in [4.69, 9.17) is 11.6 Å². The lowest BCUT2D eigenvalue weighted by Crippen LogP contribution is -2.06. The largest absolute Gasteiger partial charge is 0.365 e. The Kier molecular flexibility index (Phi) is 4.91. The molecule has 0 atom stereocenters. The van der Waals surface area contributed by atoms with Gasteiger partial charge in [-0.15, -0.1) is 5.10 Å². The van der Waals surface area contributed by atoms with Crippen LogP contribution in [0.25, 0.3) is 0 Å². The Morgan fingerprint density at radius 3 is 2.75 bits per heavy atom. The lowest BCUT2D eigenvalue weighted by atomic mass is 10.1. The van der Waals surface area contributed by atoms with Crippen LogP contribution in [0.3, 0.4) is 0 Å². The normalized spacial score (nSPS) is 10.5. The Labute approximate surface area is 146 Å². The van der Waals surface area contributed by atoms with Crippen molar-refractivity contribution in [1.82, 2.24) is 15.2 Å². The van der Waals surface area contributed by atoms with Crippen LogP contribution in [0, 0.1) is 13.8 Å². The summed E-state index contributed by atoms with van der Waals surface area (Å²) in [6.45, 7) is 4.73. The van der Waals surface area contributed by atoms with Crippen molar-refractivity contribution in [2.75, 3.05) is 10.6 Å². The van der Waals surface area contributed by atoms with E-state index in [0.29, 0.717) is 23.3 Å². The maximum Gasteiger partial charge on any atom is 0.249 e. The first-order valence-corrected chi connectivity index (χ1v) is 8.00. The Morgan fingerprint density at radius 1 is 1.08 bits per heavy atom. The average Bonchev–Trinajstić information content (AvgIpc) is 2.56. The monoisotopic (exact) mass is 339 g/mol. The maximum atomic E-state index is 5.97.